The molecule has 0 aromatic heterocycles. The molecule has 0 aliphatic carbocycles. The van der Waals surface area contributed by atoms with Crippen LogP contribution in [-0.2, 0) is 14.3 Å². The van der Waals surface area contributed by atoms with Gasteiger partial charge in [-0.05, 0) is 49.2 Å². The second-order valence-electron chi connectivity index (χ2n) is 8.33. The van der Waals surface area contributed by atoms with Crippen LogP contribution in [0.1, 0.15) is 37.4 Å². The van der Waals surface area contributed by atoms with Gasteiger partial charge in [0.15, 0.2) is 23.0 Å². The molecule has 1 atom stereocenters. The van der Waals surface area contributed by atoms with Crippen molar-refractivity contribution in [1.82, 2.24) is 4.90 Å². The number of nitrogens with zero attached hydrogens (tertiary/aromatic N) is 1. The van der Waals surface area contributed by atoms with Gasteiger partial charge in [-0.1, -0.05) is 13.0 Å². The van der Waals surface area contributed by atoms with Crippen LogP contribution < -0.4 is 18.9 Å². The van der Waals surface area contributed by atoms with Crippen LogP contribution in [0, 0.1) is 0 Å². The topological polar surface area (TPSA) is 104 Å². The van der Waals surface area contributed by atoms with Crippen LogP contribution in [-0.4, -0.2) is 68.4 Å². The number of carbonyl (C=O) groups is 2. The zero-order valence-corrected chi connectivity index (χ0v) is 20.7. The van der Waals surface area contributed by atoms with Crippen molar-refractivity contribution in [1.29, 1.82) is 0 Å². The van der Waals surface area contributed by atoms with Crippen molar-refractivity contribution < 1.29 is 38.4 Å². The summed E-state index contributed by atoms with van der Waals surface area (Å²) in [6, 6.07) is 9.37. The minimum absolute atomic E-state index is 0.0162. The Balaban J connectivity index is 1.82. The lowest BCUT2D eigenvalue weighted by atomic mass is 9.94. The molecule has 2 aromatic rings. The van der Waals surface area contributed by atoms with E-state index in [1.54, 1.807) is 36.4 Å². The summed E-state index contributed by atoms with van der Waals surface area (Å²) in [5.41, 5.74) is 0.941. The smallest absolute Gasteiger partial charge is 0.295 e. The molecule has 1 amide bonds. The minimum atomic E-state index is -0.840. The van der Waals surface area contributed by atoms with Gasteiger partial charge in [-0.25, -0.2) is 0 Å². The first-order valence-corrected chi connectivity index (χ1v) is 12.1. The third-order valence-corrected chi connectivity index (χ3v) is 5.94. The van der Waals surface area contributed by atoms with Crippen LogP contribution in [0.15, 0.2) is 42.0 Å². The van der Waals surface area contributed by atoms with Gasteiger partial charge in [0.05, 0.1) is 31.4 Å². The number of aliphatic hydroxyl groups is 1. The lowest BCUT2D eigenvalue weighted by molar-refractivity contribution is -0.140. The number of benzene rings is 2. The molecular formula is C27H31NO8. The normalized spacial score (nSPS) is 18.4. The van der Waals surface area contributed by atoms with Crippen molar-refractivity contribution in [2.45, 2.75) is 26.3 Å². The van der Waals surface area contributed by atoms with Gasteiger partial charge < -0.3 is 33.7 Å². The number of ketones is 1. The van der Waals surface area contributed by atoms with E-state index in [4.69, 9.17) is 23.7 Å². The zero-order chi connectivity index (χ0) is 25.7. The zero-order valence-electron chi connectivity index (χ0n) is 20.7. The molecule has 0 unspecified atom stereocenters. The number of amides is 1. The Hall–Kier alpha value is -3.72. The highest BCUT2D eigenvalue weighted by Crippen LogP contribution is 2.43. The van der Waals surface area contributed by atoms with Gasteiger partial charge >= 0.3 is 0 Å². The molecular weight excluding hydrogens is 466 g/mol. The van der Waals surface area contributed by atoms with E-state index in [0.717, 1.165) is 6.42 Å². The van der Waals surface area contributed by atoms with E-state index in [1.165, 1.54) is 12.0 Å². The molecule has 4 rings (SSSR count). The second-order valence-corrected chi connectivity index (χ2v) is 8.33. The standard InChI is InChI=1S/C27H31NO8/c1-4-11-34-19-8-6-17(15-21(19)33-5-2)24-23(26(30)27(31)28(24)10-12-32-3)25(29)18-7-9-20-22(16-18)36-14-13-35-20/h6-9,15-16,24,29H,4-5,10-14H2,1-3H3/t24-/m0/s1. The van der Waals surface area contributed by atoms with Gasteiger partial charge in [-0.2, -0.15) is 0 Å². The Bertz CT molecular complexity index is 1160. The monoisotopic (exact) mass is 497 g/mol. The predicted molar refractivity (Wildman–Crippen MR) is 132 cm³/mol. The van der Waals surface area contributed by atoms with Crippen molar-refractivity contribution in [2.24, 2.45) is 0 Å². The van der Waals surface area contributed by atoms with Crippen LogP contribution in [0.2, 0.25) is 0 Å². The molecule has 1 fully saturated rings. The van der Waals surface area contributed by atoms with Crippen LogP contribution >= 0.6 is 0 Å². The molecule has 2 aromatic carbocycles. The SMILES string of the molecule is CCCOc1ccc([C@H]2C(=C(O)c3ccc4c(c3)OCCO4)C(=O)C(=O)N2CCOC)cc1OCC. The number of likely N-dealkylation sites (tertiary alicyclic amines) is 1. The number of aliphatic hydroxyl groups excluding tert-OH is 1. The molecule has 1 saturated heterocycles. The van der Waals surface area contributed by atoms with Crippen LogP contribution in [0.4, 0.5) is 0 Å². The molecule has 2 aliphatic heterocycles. The van der Waals surface area contributed by atoms with Crippen molar-refractivity contribution in [3.8, 4) is 23.0 Å². The number of hydrogen-bond donors (Lipinski definition) is 1. The summed E-state index contributed by atoms with van der Waals surface area (Å²) in [6.45, 7) is 6.02. The summed E-state index contributed by atoms with van der Waals surface area (Å²) < 4.78 is 28.0. The maximum Gasteiger partial charge on any atom is 0.295 e. The number of methoxy groups -OCH3 is 1. The maximum atomic E-state index is 13.2. The van der Waals surface area contributed by atoms with E-state index in [1.807, 2.05) is 13.8 Å². The highest BCUT2D eigenvalue weighted by molar-refractivity contribution is 6.46. The van der Waals surface area contributed by atoms with Crippen LogP contribution in [0.5, 0.6) is 23.0 Å². The largest absolute Gasteiger partial charge is 0.507 e. The Kier molecular flexibility index (Phi) is 8.00. The third-order valence-electron chi connectivity index (χ3n) is 5.94. The van der Waals surface area contributed by atoms with E-state index in [0.29, 0.717) is 60.6 Å². The van der Waals surface area contributed by atoms with Crippen LogP contribution in [0.3, 0.4) is 0 Å². The Morgan fingerprint density at radius 3 is 2.50 bits per heavy atom. The van der Waals surface area contributed by atoms with Gasteiger partial charge in [0.25, 0.3) is 11.7 Å². The molecule has 9 nitrogen and oxygen atoms in total. The molecule has 192 valence electrons. The molecule has 0 spiro atoms. The first-order valence-electron chi connectivity index (χ1n) is 12.1. The van der Waals surface area contributed by atoms with E-state index in [9.17, 15) is 14.7 Å². The van der Waals surface area contributed by atoms with Crippen molar-refractivity contribution in [3.05, 3.63) is 53.1 Å². The second kappa shape index (κ2) is 11.3. The average Bonchev–Trinajstić information content (AvgIpc) is 3.15. The first-order chi connectivity index (χ1) is 17.5. The fourth-order valence-electron chi connectivity index (χ4n) is 4.29. The fourth-order valence-corrected chi connectivity index (χ4v) is 4.29. The summed E-state index contributed by atoms with van der Waals surface area (Å²) in [6.07, 6.45) is 0.833. The molecule has 36 heavy (non-hydrogen) atoms. The summed E-state index contributed by atoms with van der Waals surface area (Å²) >= 11 is 0. The number of Topliss-reactive ketones (excluding diaryl/α,β-unsaturated/α-hetero) is 1. The summed E-state index contributed by atoms with van der Waals surface area (Å²) in [4.78, 5) is 27.7. The number of carbonyl (C=O) groups excluding carboxylic acids is 2. The van der Waals surface area contributed by atoms with E-state index in [-0.39, 0.29) is 24.5 Å². The van der Waals surface area contributed by atoms with Gasteiger partial charge in [0.2, 0.25) is 0 Å². The molecule has 2 heterocycles. The quantitative estimate of drug-likeness (QED) is 0.301. The van der Waals surface area contributed by atoms with Crippen LogP contribution in [0.25, 0.3) is 5.76 Å². The Morgan fingerprint density at radius 1 is 1.00 bits per heavy atom. The molecule has 2 aliphatic rings. The van der Waals surface area contributed by atoms with E-state index < -0.39 is 17.7 Å². The fraction of sp³-hybridized carbons (Fsp3) is 0.407. The van der Waals surface area contributed by atoms with Crippen molar-refractivity contribution >= 4 is 17.4 Å². The number of rotatable bonds is 10. The Labute approximate surface area is 210 Å². The lowest BCUT2D eigenvalue weighted by Crippen LogP contribution is -2.32. The molecule has 9 heteroatoms. The van der Waals surface area contributed by atoms with E-state index in [2.05, 4.69) is 0 Å². The highest BCUT2D eigenvalue weighted by Gasteiger charge is 2.46. The van der Waals surface area contributed by atoms with Crippen molar-refractivity contribution in [3.63, 3.8) is 0 Å². The number of ether oxygens (including phenoxy) is 5. The van der Waals surface area contributed by atoms with Gasteiger partial charge in [-0.3, -0.25) is 9.59 Å². The third kappa shape index (κ3) is 4.97. The molecule has 0 bridgehead atoms. The Morgan fingerprint density at radius 2 is 1.78 bits per heavy atom. The number of fused-ring (bicyclic) bond motifs is 1. The minimum Gasteiger partial charge on any atom is -0.507 e. The molecule has 1 N–H and O–H groups in total. The predicted octanol–water partition coefficient (Wildman–Crippen LogP) is 3.71. The van der Waals surface area contributed by atoms with Crippen molar-refractivity contribution in [2.75, 3.05) is 46.7 Å². The summed E-state index contributed by atoms with van der Waals surface area (Å²) in [5, 5.41) is 11.3. The first kappa shape index (κ1) is 25.4. The van der Waals surface area contributed by atoms with Gasteiger partial charge in [0, 0.05) is 19.2 Å². The average molecular weight is 498 g/mol. The summed E-state index contributed by atoms with van der Waals surface area (Å²) in [7, 11) is 1.52. The van der Waals surface area contributed by atoms with E-state index >= 15 is 0 Å². The molecule has 0 radical (unpaired) electrons. The maximum absolute atomic E-state index is 13.2. The summed E-state index contributed by atoms with van der Waals surface area (Å²) in [5.74, 6) is 0.321. The lowest BCUT2D eigenvalue weighted by Gasteiger charge is -2.26. The highest BCUT2D eigenvalue weighted by atomic mass is 16.6. The molecule has 0 saturated carbocycles. The number of hydrogen-bond acceptors (Lipinski definition) is 8. The van der Waals surface area contributed by atoms with Gasteiger partial charge in [-0.15, -0.1) is 0 Å². The van der Waals surface area contributed by atoms with Gasteiger partial charge in [0.1, 0.15) is 19.0 Å².